The Morgan fingerprint density at radius 3 is 3.00 bits per heavy atom. The third-order valence-electron chi connectivity index (χ3n) is 4.06. The molecular weight excluding hydrogens is 309 g/mol. The molecule has 24 heavy (non-hydrogen) atoms. The van der Waals surface area contributed by atoms with Crippen molar-refractivity contribution in [2.45, 2.75) is 26.3 Å². The van der Waals surface area contributed by atoms with Crippen LogP contribution in [0.2, 0.25) is 0 Å². The lowest BCUT2D eigenvalue weighted by atomic mass is 10.1. The van der Waals surface area contributed by atoms with Gasteiger partial charge in [-0.25, -0.2) is 4.39 Å². The molecule has 1 fully saturated rings. The molecule has 6 heteroatoms. The summed E-state index contributed by atoms with van der Waals surface area (Å²) in [6.07, 6.45) is 2.02. The predicted octanol–water partition coefficient (Wildman–Crippen LogP) is 2.24. The minimum atomic E-state index is -0.179. The maximum atomic E-state index is 13.5. The molecule has 1 unspecified atom stereocenters. The number of guanidine groups is 1. The van der Waals surface area contributed by atoms with Crippen molar-refractivity contribution in [3.8, 4) is 0 Å². The van der Waals surface area contributed by atoms with Crippen LogP contribution in [-0.2, 0) is 16.0 Å². The van der Waals surface area contributed by atoms with Gasteiger partial charge in [0.25, 0.3) is 0 Å². The SMILES string of the molecule is CN=C(NCCCOCC1CCOC1)NCc1ccc(C)c(F)c1. The molecule has 1 saturated heterocycles. The quantitative estimate of drug-likeness (QED) is 0.434. The van der Waals surface area contributed by atoms with Gasteiger partial charge < -0.3 is 20.1 Å². The van der Waals surface area contributed by atoms with E-state index in [1.807, 2.05) is 6.07 Å². The molecule has 0 bridgehead atoms. The van der Waals surface area contributed by atoms with E-state index in [0.29, 0.717) is 24.0 Å². The molecular formula is C18H28FN3O2. The zero-order valence-corrected chi connectivity index (χ0v) is 14.6. The van der Waals surface area contributed by atoms with Gasteiger partial charge in [-0.05, 0) is 37.0 Å². The van der Waals surface area contributed by atoms with E-state index in [2.05, 4.69) is 15.6 Å². The molecule has 5 nitrogen and oxygen atoms in total. The Bertz CT molecular complexity index is 531. The van der Waals surface area contributed by atoms with Crippen molar-refractivity contribution >= 4 is 5.96 Å². The maximum absolute atomic E-state index is 13.5. The van der Waals surface area contributed by atoms with Gasteiger partial charge in [-0.3, -0.25) is 4.99 Å². The van der Waals surface area contributed by atoms with Crippen LogP contribution < -0.4 is 10.6 Å². The smallest absolute Gasteiger partial charge is 0.191 e. The number of hydrogen-bond acceptors (Lipinski definition) is 3. The number of aliphatic imine (C=N–C) groups is 1. The molecule has 1 heterocycles. The second-order valence-electron chi connectivity index (χ2n) is 6.09. The number of halogens is 1. The van der Waals surface area contributed by atoms with Crippen molar-refractivity contribution in [1.82, 2.24) is 10.6 Å². The Morgan fingerprint density at radius 2 is 2.29 bits per heavy atom. The summed E-state index contributed by atoms with van der Waals surface area (Å²) in [5.74, 6) is 1.09. The summed E-state index contributed by atoms with van der Waals surface area (Å²) >= 11 is 0. The lowest BCUT2D eigenvalue weighted by Gasteiger charge is -2.13. The number of aryl methyl sites for hydroxylation is 1. The van der Waals surface area contributed by atoms with E-state index in [1.165, 1.54) is 0 Å². The third kappa shape index (κ3) is 6.45. The molecule has 0 amide bonds. The van der Waals surface area contributed by atoms with Crippen LogP contribution in [0.5, 0.6) is 0 Å². The zero-order valence-electron chi connectivity index (χ0n) is 14.6. The first-order valence-electron chi connectivity index (χ1n) is 8.54. The fourth-order valence-corrected chi connectivity index (χ4v) is 2.50. The van der Waals surface area contributed by atoms with Crippen LogP contribution in [-0.4, -0.2) is 46.0 Å². The van der Waals surface area contributed by atoms with Crippen LogP contribution in [0.3, 0.4) is 0 Å². The van der Waals surface area contributed by atoms with Crippen LogP contribution in [0, 0.1) is 18.7 Å². The average Bonchev–Trinajstić information content (AvgIpc) is 3.10. The molecule has 1 aliphatic heterocycles. The summed E-state index contributed by atoms with van der Waals surface area (Å²) in [5.41, 5.74) is 1.55. The molecule has 2 rings (SSSR count). The van der Waals surface area contributed by atoms with Gasteiger partial charge in [0.1, 0.15) is 5.82 Å². The second kappa shape index (κ2) is 10.3. The van der Waals surface area contributed by atoms with Crippen LogP contribution in [0.1, 0.15) is 24.0 Å². The number of benzene rings is 1. The van der Waals surface area contributed by atoms with Gasteiger partial charge in [0.2, 0.25) is 0 Å². The summed E-state index contributed by atoms with van der Waals surface area (Å²) in [5, 5.41) is 6.42. The number of nitrogens with one attached hydrogen (secondary N) is 2. The highest BCUT2D eigenvalue weighted by molar-refractivity contribution is 5.79. The number of nitrogens with zero attached hydrogens (tertiary/aromatic N) is 1. The van der Waals surface area contributed by atoms with E-state index in [-0.39, 0.29) is 5.82 Å². The number of hydrogen-bond donors (Lipinski definition) is 2. The van der Waals surface area contributed by atoms with E-state index in [0.717, 1.165) is 51.4 Å². The summed E-state index contributed by atoms with van der Waals surface area (Å²) in [7, 11) is 1.72. The van der Waals surface area contributed by atoms with Crippen LogP contribution >= 0.6 is 0 Å². The molecule has 0 saturated carbocycles. The van der Waals surface area contributed by atoms with E-state index < -0.39 is 0 Å². The minimum Gasteiger partial charge on any atom is -0.381 e. The lowest BCUT2D eigenvalue weighted by Crippen LogP contribution is -2.37. The molecule has 0 spiro atoms. The molecule has 0 aliphatic carbocycles. The van der Waals surface area contributed by atoms with Crippen molar-refractivity contribution in [2.75, 3.05) is 40.0 Å². The van der Waals surface area contributed by atoms with Gasteiger partial charge in [-0.15, -0.1) is 0 Å². The lowest BCUT2D eigenvalue weighted by molar-refractivity contribution is 0.0888. The molecule has 1 aliphatic rings. The molecule has 134 valence electrons. The number of ether oxygens (including phenoxy) is 2. The molecule has 0 aromatic heterocycles. The largest absolute Gasteiger partial charge is 0.381 e. The first-order chi connectivity index (χ1) is 11.7. The first kappa shape index (κ1) is 18.7. The normalized spacial score (nSPS) is 18.0. The van der Waals surface area contributed by atoms with Gasteiger partial charge in [0.15, 0.2) is 5.96 Å². The van der Waals surface area contributed by atoms with Gasteiger partial charge in [-0.2, -0.15) is 0 Å². The molecule has 2 N–H and O–H groups in total. The standard InChI is InChI=1S/C18H28FN3O2/c1-14-4-5-15(10-17(14)19)11-22-18(20-2)21-7-3-8-23-12-16-6-9-24-13-16/h4-5,10,16H,3,6-9,11-13H2,1-2H3,(H2,20,21,22). The highest BCUT2D eigenvalue weighted by Gasteiger charge is 2.15. The van der Waals surface area contributed by atoms with Crippen molar-refractivity contribution in [1.29, 1.82) is 0 Å². The Labute approximate surface area is 143 Å². The average molecular weight is 337 g/mol. The Hall–Kier alpha value is -1.66. The van der Waals surface area contributed by atoms with Crippen molar-refractivity contribution in [3.63, 3.8) is 0 Å². The minimum absolute atomic E-state index is 0.179. The van der Waals surface area contributed by atoms with Crippen molar-refractivity contribution in [3.05, 3.63) is 35.1 Å². The van der Waals surface area contributed by atoms with Gasteiger partial charge in [0, 0.05) is 39.3 Å². The molecule has 1 atom stereocenters. The highest BCUT2D eigenvalue weighted by Crippen LogP contribution is 2.12. The van der Waals surface area contributed by atoms with Gasteiger partial charge in [0.05, 0.1) is 13.2 Å². The predicted molar refractivity (Wildman–Crippen MR) is 93.7 cm³/mol. The Morgan fingerprint density at radius 1 is 1.42 bits per heavy atom. The molecule has 1 aromatic rings. The first-order valence-corrected chi connectivity index (χ1v) is 8.54. The number of rotatable bonds is 8. The summed E-state index contributed by atoms with van der Waals surface area (Å²) in [6.45, 7) is 6.28. The summed E-state index contributed by atoms with van der Waals surface area (Å²) < 4.78 is 24.5. The van der Waals surface area contributed by atoms with Crippen LogP contribution in [0.25, 0.3) is 0 Å². The summed E-state index contributed by atoms with van der Waals surface area (Å²) in [4.78, 5) is 4.17. The molecule has 1 aromatic carbocycles. The molecule has 0 radical (unpaired) electrons. The fourth-order valence-electron chi connectivity index (χ4n) is 2.50. The zero-order chi connectivity index (χ0) is 17.2. The van der Waals surface area contributed by atoms with Crippen molar-refractivity contribution < 1.29 is 13.9 Å². The van der Waals surface area contributed by atoms with Gasteiger partial charge >= 0.3 is 0 Å². The van der Waals surface area contributed by atoms with Crippen molar-refractivity contribution in [2.24, 2.45) is 10.9 Å². The monoisotopic (exact) mass is 337 g/mol. The topological polar surface area (TPSA) is 54.9 Å². The third-order valence-corrected chi connectivity index (χ3v) is 4.06. The Kier molecular flexibility index (Phi) is 7.98. The second-order valence-corrected chi connectivity index (χ2v) is 6.09. The van der Waals surface area contributed by atoms with Crippen LogP contribution in [0.15, 0.2) is 23.2 Å². The van der Waals surface area contributed by atoms with Crippen LogP contribution in [0.4, 0.5) is 4.39 Å². The highest BCUT2D eigenvalue weighted by atomic mass is 19.1. The maximum Gasteiger partial charge on any atom is 0.191 e. The fraction of sp³-hybridized carbons (Fsp3) is 0.611. The Balaban J connectivity index is 1.57. The summed E-state index contributed by atoms with van der Waals surface area (Å²) in [6, 6.07) is 5.25. The van der Waals surface area contributed by atoms with Gasteiger partial charge in [-0.1, -0.05) is 12.1 Å². The van der Waals surface area contributed by atoms with E-state index in [1.54, 1.807) is 26.1 Å². The van der Waals surface area contributed by atoms with E-state index in [9.17, 15) is 4.39 Å². The van der Waals surface area contributed by atoms with E-state index >= 15 is 0 Å². The van der Waals surface area contributed by atoms with E-state index in [4.69, 9.17) is 9.47 Å².